The third-order valence-corrected chi connectivity index (χ3v) is 3.56. The fraction of sp³-hybridized carbons (Fsp3) is 0.467. The SMILES string of the molecule is COC(=O)c1cc(CNC(=O)C2CC(F)(F)CN2)ccc1OC.Cl. The second-order valence-corrected chi connectivity index (χ2v) is 5.24. The third-order valence-electron chi connectivity index (χ3n) is 3.56. The zero-order valence-corrected chi connectivity index (χ0v) is 14.0. The van der Waals surface area contributed by atoms with Crippen LogP contribution in [0.3, 0.4) is 0 Å². The van der Waals surface area contributed by atoms with Gasteiger partial charge in [0.05, 0.1) is 26.8 Å². The molecule has 1 saturated heterocycles. The van der Waals surface area contributed by atoms with E-state index in [4.69, 9.17) is 4.74 Å². The van der Waals surface area contributed by atoms with Crippen LogP contribution in [0.15, 0.2) is 18.2 Å². The molecule has 6 nitrogen and oxygen atoms in total. The monoisotopic (exact) mass is 364 g/mol. The molecule has 0 saturated carbocycles. The number of carbonyl (C=O) groups excluding carboxylic acids is 2. The summed E-state index contributed by atoms with van der Waals surface area (Å²) in [5, 5.41) is 5.06. The molecular weight excluding hydrogens is 346 g/mol. The lowest BCUT2D eigenvalue weighted by atomic mass is 10.1. The van der Waals surface area contributed by atoms with E-state index < -0.39 is 36.8 Å². The summed E-state index contributed by atoms with van der Waals surface area (Å²) in [5.74, 6) is -3.58. The highest BCUT2D eigenvalue weighted by Gasteiger charge is 2.42. The fourth-order valence-corrected chi connectivity index (χ4v) is 2.35. The molecule has 0 spiro atoms. The van der Waals surface area contributed by atoms with Crippen molar-refractivity contribution in [3.63, 3.8) is 0 Å². The van der Waals surface area contributed by atoms with Gasteiger partial charge in [0.1, 0.15) is 11.3 Å². The minimum atomic E-state index is -2.86. The van der Waals surface area contributed by atoms with Gasteiger partial charge in [0.25, 0.3) is 5.92 Å². The zero-order chi connectivity index (χ0) is 17.0. The second-order valence-electron chi connectivity index (χ2n) is 5.24. The van der Waals surface area contributed by atoms with E-state index in [1.54, 1.807) is 12.1 Å². The average Bonchev–Trinajstić information content (AvgIpc) is 2.91. The highest BCUT2D eigenvalue weighted by Crippen LogP contribution is 2.25. The Labute approximate surface area is 144 Å². The van der Waals surface area contributed by atoms with Gasteiger partial charge < -0.3 is 14.8 Å². The molecule has 0 aromatic heterocycles. The Hall–Kier alpha value is -1.93. The first kappa shape index (κ1) is 20.1. The van der Waals surface area contributed by atoms with Crippen molar-refractivity contribution in [3.8, 4) is 5.75 Å². The Kier molecular flexibility index (Phi) is 6.92. The molecule has 1 amide bonds. The van der Waals surface area contributed by atoms with E-state index in [1.165, 1.54) is 20.3 Å². The van der Waals surface area contributed by atoms with Crippen LogP contribution in [-0.4, -0.2) is 44.6 Å². The van der Waals surface area contributed by atoms with Gasteiger partial charge in [-0.2, -0.15) is 0 Å². The van der Waals surface area contributed by atoms with Gasteiger partial charge in [-0.05, 0) is 17.7 Å². The summed E-state index contributed by atoms with van der Waals surface area (Å²) in [6.45, 7) is -0.392. The number of carbonyl (C=O) groups is 2. The lowest BCUT2D eigenvalue weighted by molar-refractivity contribution is -0.123. The molecule has 1 heterocycles. The number of hydrogen-bond acceptors (Lipinski definition) is 5. The molecule has 2 rings (SSSR count). The summed E-state index contributed by atoms with van der Waals surface area (Å²) >= 11 is 0. The van der Waals surface area contributed by atoms with Gasteiger partial charge >= 0.3 is 5.97 Å². The maximum absolute atomic E-state index is 13.1. The predicted octanol–water partition coefficient (Wildman–Crippen LogP) is 1.52. The number of nitrogens with one attached hydrogen (secondary N) is 2. The molecule has 0 bridgehead atoms. The van der Waals surface area contributed by atoms with Gasteiger partial charge in [0.15, 0.2) is 0 Å². The van der Waals surface area contributed by atoms with Crippen molar-refractivity contribution in [1.29, 1.82) is 0 Å². The van der Waals surface area contributed by atoms with Crippen molar-refractivity contribution in [2.45, 2.75) is 24.9 Å². The van der Waals surface area contributed by atoms with Crippen LogP contribution in [0.5, 0.6) is 5.75 Å². The van der Waals surface area contributed by atoms with Crippen molar-refractivity contribution in [2.75, 3.05) is 20.8 Å². The number of amides is 1. The first-order chi connectivity index (χ1) is 10.9. The lowest BCUT2D eigenvalue weighted by Gasteiger charge is -2.13. The molecule has 1 fully saturated rings. The predicted molar refractivity (Wildman–Crippen MR) is 84.8 cm³/mol. The largest absolute Gasteiger partial charge is 0.496 e. The summed E-state index contributed by atoms with van der Waals surface area (Å²) in [5.41, 5.74) is 0.858. The Morgan fingerprint density at radius 2 is 2.08 bits per heavy atom. The quantitative estimate of drug-likeness (QED) is 0.775. The number of rotatable bonds is 5. The fourth-order valence-electron chi connectivity index (χ4n) is 2.35. The van der Waals surface area contributed by atoms with Crippen molar-refractivity contribution in [1.82, 2.24) is 10.6 Å². The van der Waals surface area contributed by atoms with Gasteiger partial charge in [0.2, 0.25) is 5.91 Å². The number of halogens is 3. The maximum Gasteiger partial charge on any atom is 0.341 e. The standard InChI is InChI=1S/C15H18F2N2O4.ClH/c1-22-12-4-3-9(5-10(12)14(21)23-2)7-18-13(20)11-6-15(16,17)8-19-11;/h3-5,11,19H,6-8H2,1-2H3,(H,18,20);1H. The summed E-state index contributed by atoms with van der Waals surface area (Å²) in [6.07, 6.45) is -0.519. The van der Waals surface area contributed by atoms with E-state index in [0.717, 1.165) is 0 Å². The van der Waals surface area contributed by atoms with Crippen LogP contribution in [-0.2, 0) is 16.1 Å². The molecular formula is C15H19ClF2N2O4. The van der Waals surface area contributed by atoms with Gasteiger partial charge in [-0.15, -0.1) is 12.4 Å². The smallest absolute Gasteiger partial charge is 0.341 e. The molecule has 1 aromatic rings. The van der Waals surface area contributed by atoms with Gasteiger partial charge in [-0.1, -0.05) is 6.07 Å². The van der Waals surface area contributed by atoms with Crippen molar-refractivity contribution >= 4 is 24.3 Å². The molecule has 24 heavy (non-hydrogen) atoms. The Morgan fingerprint density at radius 3 is 2.62 bits per heavy atom. The number of hydrogen-bond donors (Lipinski definition) is 2. The molecule has 1 aliphatic rings. The van der Waals surface area contributed by atoms with E-state index in [2.05, 4.69) is 15.4 Å². The number of alkyl halides is 2. The maximum atomic E-state index is 13.1. The van der Waals surface area contributed by atoms with E-state index in [9.17, 15) is 18.4 Å². The Balaban J connectivity index is 0.00000288. The van der Waals surface area contributed by atoms with Crippen molar-refractivity contribution in [3.05, 3.63) is 29.3 Å². The topological polar surface area (TPSA) is 76.7 Å². The molecule has 1 atom stereocenters. The molecule has 0 radical (unpaired) electrons. The average molecular weight is 365 g/mol. The minimum Gasteiger partial charge on any atom is -0.496 e. The van der Waals surface area contributed by atoms with Crippen LogP contribution >= 0.6 is 12.4 Å². The van der Waals surface area contributed by atoms with E-state index in [-0.39, 0.29) is 24.5 Å². The van der Waals surface area contributed by atoms with Crippen LogP contribution in [0.25, 0.3) is 0 Å². The van der Waals surface area contributed by atoms with Crippen LogP contribution in [0.1, 0.15) is 22.3 Å². The number of benzene rings is 1. The highest BCUT2D eigenvalue weighted by molar-refractivity contribution is 5.92. The summed E-state index contributed by atoms with van der Waals surface area (Å²) in [6, 6.07) is 3.86. The minimum absolute atomic E-state index is 0. The normalized spacial score (nSPS) is 18.4. The molecule has 2 N–H and O–H groups in total. The van der Waals surface area contributed by atoms with E-state index >= 15 is 0 Å². The van der Waals surface area contributed by atoms with Gasteiger partial charge in [-0.3, -0.25) is 10.1 Å². The van der Waals surface area contributed by atoms with Crippen LogP contribution in [0, 0.1) is 0 Å². The first-order valence-electron chi connectivity index (χ1n) is 7.00. The van der Waals surface area contributed by atoms with Crippen molar-refractivity contribution in [2.24, 2.45) is 0 Å². The number of methoxy groups -OCH3 is 2. The Bertz CT molecular complexity index is 613. The first-order valence-corrected chi connectivity index (χ1v) is 7.00. The molecule has 134 valence electrons. The van der Waals surface area contributed by atoms with Gasteiger partial charge in [-0.25, -0.2) is 13.6 Å². The number of ether oxygens (including phenoxy) is 2. The van der Waals surface area contributed by atoms with Crippen LogP contribution in [0.2, 0.25) is 0 Å². The molecule has 1 aliphatic heterocycles. The van der Waals surface area contributed by atoms with E-state index in [1.807, 2.05) is 0 Å². The molecule has 1 unspecified atom stereocenters. The number of esters is 1. The van der Waals surface area contributed by atoms with Crippen molar-refractivity contribution < 1.29 is 27.8 Å². The van der Waals surface area contributed by atoms with Crippen LogP contribution < -0.4 is 15.4 Å². The molecule has 0 aliphatic carbocycles. The summed E-state index contributed by atoms with van der Waals surface area (Å²) in [4.78, 5) is 23.6. The second kappa shape index (κ2) is 8.25. The Morgan fingerprint density at radius 1 is 1.38 bits per heavy atom. The molecule has 9 heteroatoms. The van der Waals surface area contributed by atoms with E-state index in [0.29, 0.717) is 11.3 Å². The third kappa shape index (κ3) is 4.78. The van der Waals surface area contributed by atoms with Crippen LogP contribution in [0.4, 0.5) is 8.78 Å². The van der Waals surface area contributed by atoms with Gasteiger partial charge in [0, 0.05) is 13.0 Å². The molecule has 1 aromatic carbocycles. The summed E-state index contributed by atoms with van der Waals surface area (Å²) < 4.78 is 35.9. The highest BCUT2D eigenvalue weighted by atomic mass is 35.5. The summed E-state index contributed by atoms with van der Waals surface area (Å²) in [7, 11) is 2.68. The lowest BCUT2D eigenvalue weighted by Crippen LogP contribution is -2.40. The zero-order valence-electron chi connectivity index (χ0n) is 13.2.